The molecule has 0 fully saturated rings. The van der Waals surface area contributed by atoms with Gasteiger partial charge in [-0.05, 0) is 43.2 Å². The molecular weight excluding hydrogens is 293 g/mol. The molecule has 0 aliphatic rings. The maximum atomic E-state index is 12.9. The lowest BCUT2D eigenvalue weighted by molar-refractivity contribution is 0.153. The molecule has 2 unspecified atom stereocenters. The number of hydrogen-bond acceptors (Lipinski definition) is 3. The maximum Gasteiger partial charge on any atom is 0.137 e. The van der Waals surface area contributed by atoms with Crippen molar-refractivity contribution < 1.29 is 9.50 Å². The minimum absolute atomic E-state index is 0.111. The summed E-state index contributed by atoms with van der Waals surface area (Å²) in [6, 6.07) is 12.0. The van der Waals surface area contributed by atoms with E-state index in [1.807, 2.05) is 41.9 Å². The van der Waals surface area contributed by atoms with Gasteiger partial charge in [0.1, 0.15) is 11.5 Å². The van der Waals surface area contributed by atoms with Crippen molar-refractivity contribution in [3.63, 3.8) is 0 Å². The molecular formula is C18H20FN3O. The third-order valence-electron chi connectivity index (χ3n) is 3.88. The van der Waals surface area contributed by atoms with E-state index in [2.05, 4.69) is 10.3 Å². The van der Waals surface area contributed by atoms with Gasteiger partial charge in [0.15, 0.2) is 0 Å². The van der Waals surface area contributed by atoms with Gasteiger partial charge in [0.2, 0.25) is 0 Å². The molecule has 4 nitrogen and oxygen atoms in total. The first-order chi connectivity index (χ1) is 11.1. The van der Waals surface area contributed by atoms with Gasteiger partial charge >= 0.3 is 0 Å². The van der Waals surface area contributed by atoms with Gasteiger partial charge in [-0.25, -0.2) is 9.37 Å². The van der Waals surface area contributed by atoms with E-state index in [1.165, 1.54) is 12.1 Å². The molecule has 0 bridgehead atoms. The monoisotopic (exact) mass is 313 g/mol. The van der Waals surface area contributed by atoms with Crippen LogP contribution in [0.25, 0.3) is 5.65 Å². The third kappa shape index (κ3) is 3.94. The highest BCUT2D eigenvalue weighted by Crippen LogP contribution is 2.18. The van der Waals surface area contributed by atoms with Gasteiger partial charge in [0.05, 0.1) is 11.8 Å². The molecule has 3 rings (SSSR count). The summed E-state index contributed by atoms with van der Waals surface area (Å²) in [6.45, 7) is 2.65. The largest absolute Gasteiger partial charge is 0.388 e. The highest BCUT2D eigenvalue weighted by molar-refractivity contribution is 5.39. The smallest absolute Gasteiger partial charge is 0.137 e. The standard InChI is InChI=1S/C18H20FN3O/c1-13(10-17(23)14-5-7-15(19)8-6-14)20-11-16-12-22-9-3-2-4-18(22)21-16/h2-9,12-13,17,20,23H,10-11H2,1H3. The zero-order valence-corrected chi connectivity index (χ0v) is 13.0. The Kier molecular flexibility index (Phi) is 4.69. The quantitative estimate of drug-likeness (QED) is 0.735. The average molecular weight is 313 g/mol. The van der Waals surface area contributed by atoms with Crippen molar-refractivity contribution in [2.45, 2.75) is 32.0 Å². The molecule has 2 aromatic heterocycles. The van der Waals surface area contributed by atoms with E-state index < -0.39 is 6.10 Å². The van der Waals surface area contributed by atoms with Crippen molar-refractivity contribution in [1.29, 1.82) is 0 Å². The molecule has 0 spiro atoms. The molecule has 23 heavy (non-hydrogen) atoms. The molecule has 3 aromatic rings. The predicted octanol–water partition coefficient (Wildman–Crippen LogP) is 3.08. The number of hydrogen-bond donors (Lipinski definition) is 2. The first-order valence-corrected chi connectivity index (χ1v) is 7.71. The fourth-order valence-corrected chi connectivity index (χ4v) is 2.59. The van der Waals surface area contributed by atoms with Crippen molar-refractivity contribution in [2.24, 2.45) is 0 Å². The van der Waals surface area contributed by atoms with Crippen LogP contribution < -0.4 is 5.32 Å². The molecule has 2 heterocycles. The molecule has 5 heteroatoms. The number of nitrogens with zero attached hydrogens (tertiary/aromatic N) is 2. The summed E-state index contributed by atoms with van der Waals surface area (Å²) in [5.74, 6) is -0.293. The summed E-state index contributed by atoms with van der Waals surface area (Å²) in [5, 5.41) is 13.6. The molecule has 2 atom stereocenters. The van der Waals surface area contributed by atoms with E-state index in [0.29, 0.717) is 13.0 Å². The van der Waals surface area contributed by atoms with Crippen molar-refractivity contribution in [1.82, 2.24) is 14.7 Å². The van der Waals surface area contributed by atoms with E-state index in [-0.39, 0.29) is 11.9 Å². The van der Waals surface area contributed by atoms with Crippen LogP contribution in [-0.2, 0) is 6.54 Å². The first-order valence-electron chi connectivity index (χ1n) is 7.71. The van der Waals surface area contributed by atoms with Crippen LogP contribution in [-0.4, -0.2) is 20.5 Å². The van der Waals surface area contributed by atoms with Gasteiger partial charge in [-0.15, -0.1) is 0 Å². The zero-order chi connectivity index (χ0) is 16.2. The Hall–Kier alpha value is -2.24. The lowest BCUT2D eigenvalue weighted by Gasteiger charge is -2.17. The second-order valence-corrected chi connectivity index (χ2v) is 5.78. The summed E-state index contributed by atoms with van der Waals surface area (Å²) in [6.07, 6.45) is 3.90. The van der Waals surface area contributed by atoms with Crippen molar-refractivity contribution in [3.8, 4) is 0 Å². The van der Waals surface area contributed by atoms with Crippen molar-refractivity contribution >= 4 is 5.65 Å². The third-order valence-corrected chi connectivity index (χ3v) is 3.88. The van der Waals surface area contributed by atoms with Gasteiger partial charge in [-0.1, -0.05) is 18.2 Å². The molecule has 2 N–H and O–H groups in total. The van der Waals surface area contributed by atoms with Gasteiger partial charge in [0, 0.05) is 25.0 Å². The molecule has 0 radical (unpaired) electrons. The summed E-state index contributed by atoms with van der Waals surface area (Å²) in [5.41, 5.74) is 2.61. The molecule has 0 saturated carbocycles. The van der Waals surface area contributed by atoms with Crippen LogP contribution in [0.3, 0.4) is 0 Å². The Morgan fingerprint density at radius 2 is 2.00 bits per heavy atom. The number of aliphatic hydroxyl groups is 1. The minimum Gasteiger partial charge on any atom is -0.388 e. The first kappa shape index (κ1) is 15.6. The number of aromatic nitrogens is 2. The lowest BCUT2D eigenvalue weighted by Crippen LogP contribution is -2.27. The topological polar surface area (TPSA) is 49.6 Å². The van der Waals surface area contributed by atoms with E-state index in [1.54, 1.807) is 12.1 Å². The van der Waals surface area contributed by atoms with E-state index in [4.69, 9.17) is 0 Å². The number of rotatable bonds is 6. The summed E-state index contributed by atoms with van der Waals surface area (Å²) < 4.78 is 14.9. The van der Waals surface area contributed by atoms with Gasteiger partial charge in [-0.2, -0.15) is 0 Å². The Morgan fingerprint density at radius 1 is 1.22 bits per heavy atom. The van der Waals surface area contributed by atoms with Gasteiger partial charge < -0.3 is 14.8 Å². The highest BCUT2D eigenvalue weighted by Gasteiger charge is 2.13. The molecule has 1 aromatic carbocycles. The lowest BCUT2D eigenvalue weighted by atomic mass is 10.0. The van der Waals surface area contributed by atoms with E-state index in [0.717, 1.165) is 16.9 Å². The number of benzene rings is 1. The SMILES string of the molecule is CC(CC(O)c1ccc(F)cc1)NCc1cn2ccccc2n1. The molecule has 120 valence electrons. The van der Waals surface area contributed by atoms with Crippen molar-refractivity contribution in [2.75, 3.05) is 0 Å². The molecule has 0 aliphatic heterocycles. The number of halogens is 1. The normalized spacial score (nSPS) is 14.0. The van der Waals surface area contributed by atoms with Crippen LogP contribution in [0.4, 0.5) is 4.39 Å². The average Bonchev–Trinajstić information content (AvgIpc) is 2.96. The second kappa shape index (κ2) is 6.89. The van der Waals surface area contributed by atoms with Crippen LogP contribution in [0.15, 0.2) is 54.9 Å². The maximum absolute atomic E-state index is 12.9. The van der Waals surface area contributed by atoms with Gasteiger partial charge in [-0.3, -0.25) is 0 Å². The van der Waals surface area contributed by atoms with Crippen LogP contribution in [0.2, 0.25) is 0 Å². The molecule has 0 aliphatic carbocycles. The fraction of sp³-hybridized carbons (Fsp3) is 0.278. The van der Waals surface area contributed by atoms with E-state index in [9.17, 15) is 9.50 Å². The number of fused-ring (bicyclic) bond motifs is 1. The van der Waals surface area contributed by atoms with Gasteiger partial charge in [0.25, 0.3) is 0 Å². The number of nitrogens with one attached hydrogen (secondary N) is 1. The second-order valence-electron chi connectivity index (χ2n) is 5.78. The Morgan fingerprint density at radius 3 is 2.74 bits per heavy atom. The Bertz CT molecular complexity index is 736. The van der Waals surface area contributed by atoms with Crippen LogP contribution in [0, 0.1) is 5.82 Å². The number of aliphatic hydroxyl groups excluding tert-OH is 1. The van der Waals surface area contributed by atoms with Crippen LogP contribution >= 0.6 is 0 Å². The zero-order valence-electron chi connectivity index (χ0n) is 13.0. The highest BCUT2D eigenvalue weighted by atomic mass is 19.1. The van der Waals surface area contributed by atoms with E-state index >= 15 is 0 Å². The van der Waals surface area contributed by atoms with Crippen molar-refractivity contribution in [3.05, 3.63) is 71.9 Å². The fourth-order valence-electron chi connectivity index (χ4n) is 2.59. The minimum atomic E-state index is -0.612. The predicted molar refractivity (Wildman–Crippen MR) is 87.5 cm³/mol. The number of pyridine rings is 1. The Balaban J connectivity index is 1.54. The summed E-state index contributed by atoms with van der Waals surface area (Å²) in [7, 11) is 0. The number of imidazole rings is 1. The van der Waals surface area contributed by atoms with Crippen LogP contribution in [0.5, 0.6) is 0 Å². The molecule has 0 amide bonds. The van der Waals surface area contributed by atoms with Crippen LogP contribution in [0.1, 0.15) is 30.7 Å². The Labute approximate surface area is 134 Å². The summed E-state index contributed by atoms with van der Waals surface area (Å²) in [4.78, 5) is 4.53. The summed E-state index contributed by atoms with van der Waals surface area (Å²) >= 11 is 0. The molecule has 0 saturated heterocycles.